The number of hydrogen-bond donors (Lipinski definition) is 1. The van der Waals surface area contributed by atoms with E-state index in [1.807, 2.05) is 26.1 Å². The number of rotatable bonds is 3. The molecule has 1 atom stereocenters. The molecule has 0 radical (unpaired) electrons. The van der Waals surface area contributed by atoms with E-state index in [1.165, 1.54) is 5.56 Å². The normalized spacial score (nSPS) is 12.7. The highest BCUT2D eigenvalue weighted by atomic mass is 79.9. The van der Waals surface area contributed by atoms with E-state index in [0.717, 1.165) is 15.8 Å². The highest BCUT2D eigenvalue weighted by molar-refractivity contribution is 9.10. The molecule has 3 nitrogen and oxygen atoms in total. The molecule has 0 saturated heterocycles. The van der Waals surface area contributed by atoms with Crippen molar-refractivity contribution in [1.82, 2.24) is 10.3 Å². The van der Waals surface area contributed by atoms with Crippen molar-refractivity contribution in [2.45, 2.75) is 19.9 Å². The smallest absolute Gasteiger partial charge is 0.211 e. The van der Waals surface area contributed by atoms with Crippen LogP contribution in [0.4, 0.5) is 0 Å². The van der Waals surface area contributed by atoms with E-state index in [9.17, 15) is 0 Å². The molecule has 1 aromatic carbocycles. The largest absolute Gasteiger partial charge is 0.439 e. The molecule has 0 saturated carbocycles. The summed E-state index contributed by atoms with van der Waals surface area (Å²) in [5, 5.41) is 3.10. The van der Waals surface area contributed by atoms with Crippen LogP contribution in [0.1, 0.15) is 24.4 Å². The Morgan fingerprint density at radius 3 is 2.88 bits per heavy atom. The first-order valence-corrected chi connectivity index (χ1v) is 6.31. The van der Waals surface area contributed by atoms with Gasteiger partial charge in [-0.05, 0) is 42.4 Å². The lowest BCUT2D eigenvalue weighted by molar-refractivity contribution is 0.441. The second-order valence-electron chi connectivity index (χ2n) is 4.01. The fourth-order valence-corrected chi connectivity index (χ4v) is 2.03. The number of aromatic nitrogens is 1. The first kappa shape index (κ1) is 12.3. The molecular weight excluding hydrogens is 280 g/mol. The van der Waals surface area contributed by atoms with Gasteiger partial charge in [-0.3, -0.25) is 0 Å². The fraction of sp³-hybridized carbons (Fsp3) is 0.308. The third kappa shape index (κ3) is 2.42. The van der Waals surface area contributed by atoms with E-state index in [4.69, 9.17) is 4.42 Å². The molecule has 0 aliphatic rings. The standard InChI is InChI=1S/C13H15BrN2O/c1-8-5-4-6-10(12(8)14)11-7-16-13(17-11)9(2)15-3/h4-7,9,15H,1-3H3. The van der Waals surface area contributed by atoms with Gasteiger partial charge >= 0.3 is 0 Å². The lowest BCUT2D eigenvalue weighted by Crippen LogP contribution is -2.12. The Bertz CT molecular complexity index is 522. The van der Waals surface area contributed by atoms with Crippen LogP contribution in [0.5, 0.6) is 0 Å². The summed E-state index contributed by atoms with van der Waals surface area (Å²) in [6, 6.07) is 6.21. The second-order valence-corrected chi connectivity index (χ2v) is 4.80. The Morgan fingerprint density at radius 1 is 1.41 bits per heavy atom. The Balaban J connectivity index is 2.40. The van der Waals surface area contributed by atoms with Gasteiger partial charge in [0.2, 0.25) is 5.89 Å². The maximum Gasteiger partial charge on any atom is 0.211 e. The van der Waals surface area contributed by atoms with E-state index in [0.29, 0.717) is 5.89 Å². The van der Waals surface area contributed by atoms with Crippen molar-refractivity contribution < 1.29 is 4.42 Å². The number of oxazole rings is 1. The van der Waals surface area contributed by atoms with E-state index in [1.54, 1.807) is 6.20 Å². The highest BCUT2D eigenvalue weighted by Crippen LogP contribution is 2.31. The van der Waals surface area contributed by atoms with Crippen LogP contribution in [0.3, 0.4) is 0 Å². The Hall–Kier alpha value is -1.13. The van der Waals surface area contributed by atoms with Gasteiger partial charge in [-0.15, -0.1) is 0 Å². The van der Waals surface area contributed by atoms with Crippen molar-refractivity contribution in [1.29, 1.82) is 0 Å². The maximum atomic E-state index is 5.75. The number of nitrogens with zero attached hydrogens (tertiary/aromatic N) is 1. The SMILES string of the molecule is CNC(C)c1ncc(-c2cccc(C)c2Br)o1. The summed E-state index contributed by atoms with van der Waals surface area (Å²) in [6.45, 7) is 4.07. The van der Waals surface area contributed by atoms with E-state index >= 15 is 0 Å². The minimum absolute atomic E-state index is 0.118. The molecule has 4 heteroatoms. The van der Waals surface area contributed by atoms with Crippen molar-refractivity contribution in [3.8, 4) is 11.3 Å². The van der Waals surface area contributed by atoms with Crippen molar-refractivity contribution in [2.24, 2.45) is 0 Å². The molecule has 90 valence electrons. The topological polar surface area (TPSA) is 38.1 Å². The van der Waals surface area contributed by atoms with Crippen molar-refractivity contribution in [3.63, 3.8) is 0 Å². The van der Waals surface area contributed by atoms with Crippen LogP contribution < -0.4 is 5.32 Å². The van der Waals surface area contributed by atoms with Crippen LogP contribution >= 0.6 is 15.9 Å². The second kappa shape index (κ2) is 5.02. The Kier molecular flexibility index (Phi) is 3.64. The average Bonchev–Trinajstić information content (AvgIpc) is 2.81. The molecule has 2 rings (SSSR count). The van der Waals surface area contributed by atoms with Crippen LogP contribution in [0.15, 0.2) is 33.3 Å². The summed E-state index contributed by atoms with van der Waals surface area (Å²) < 4.78 is 6.81. The fourth-order valence-electron chi connectivity index (χ4n) is 1.57. The predicted octanol–water partition coefficient (Wildman–Crippen LogP) is 3.69. The minimum Gasteiger partial charge on any atom is -0.439 e. The number of aryl methyl sites for hydroxylation is 1. The monoisotopic (exact) mass is 294 g/mol. The van der Waals surface area contributed by atoms with Crippen molar-refractivity contribution >= 4 is 15.9 Å². The zero-order chi connectivity index (χ0) is 12.4. The van der Waals surface area contributed by atoms with Crippen LogP contribution in [0, 0.1) is 6.92 Å². The third-order valence-corrected chi connectivity index (χ3v) is 3.84. The zero-order valence-corrected chi connectivity index (χ0v) is 11.7. The molecular formula is C13H15BrN2O. The van der Waals surface area contributed by atoms with Gasteiger partial charge in [0.25, 0.3) is 0 Å². The van der Waals surface area contributed by atoms with Crippen LogP contribution in [0.2, 0.25) is 0 Å². The molecule has 1 heterocycles. The molecule has 0 spiro atoms. The summed E-state index contributed by atoms with van der Waals surface area (Å²) in [5.41, 5.74) is 2.22. The van der Waals surface area contributed by atoms with Gasteiger partial charge in [0.15, 0.2) is 5.76 Å². The number of hydrogen-bond acceptors (Lipinski definition) is 3. The molecule has 0 aliphatic carbocycles. The van der Waals surface area contributed by atoms with Gasteiger partial charge < -0.3 is 9.73 Å². The van der Waals surface area contributed by atoms with Gasteiger partial charge in [0, 0.05) is 10.0 Å². The molecule has 1 aromatic heterocycles. The molecule has 1 unspecified atom stereocenters. The van der Waals surface area contributed by atoms with Gasteiger partial charge in [0.05, 0.1) is 12.2 Å². The third-order valence-electron chi connectivity index (χ3n) is 2.78. The van der Waals surface area contributed by atoms with Crippen molar-refractivity contribution in [2.75, 3.05) is 7.05 Å². The van der Waals surface area contributed by atoms with E-state index < -0.39 is 0 Å². The first-order valence-electron chi connectivity index (χ1n) is 5.52. The highest BCUT2D eigenvalue weighted by Gasteiger charge is 2.13. The van der Waals surface area contributed by atoms with Crippen molar-refractivity contribution in [3.05, 3.63) is 40.3 Å². The minimum atomic E-state index is 0.118. The molecule has 0 bridgehead atoms. The lowest BCUT2D eigenvalue weighted by Gasteiger charge is -2.05. The Labute approximate surface area is 109 Å². The number of benzene rings is 1. The van der Waals surface area contributed by atoms with Crippen LogP contribution in [-0.4, -0.2) is 12.0 Å². The number of halogens is 1. The summed E-state index contributed by atoms with van der Waals surface area (Å²) in [6.07, 6.45) is 1.77. The molecule has 0 fully saturated rings. The van der Waals surface area contributed by atoms with Crippen LogP contribution in [0.25, 0.3) is 11.3 Å². The lowest BCUT2D eigenvalue weighted by atomic mass is 10.1. The quantitative estimate of drug-likeness (QED) is 0.938. The molecule has 0 aliphatic heterocycles. The number of nitrogens with one attached hydrogen (secondary N) is 1. The molecule has 17 heavy (non-hydrogen) atoms. The van der Waals surface area contributed by atoms with Crippen LogP contribution in [-0.2, 0) is 0 Å². The summed E-state index contributed by atoms with van der Waals surface area (Å²) >= 11 is 3.58. The van der Waals surface area contributed by atoms with E-state index in [2.05, 4.69) is 39.2 Å². The average molecular weight is 295 g/mol. The molecule has 0 amide bonds. The van der Waals surface area contributed by atoms with Gasteiger partial charge in [0.1, 0.15) is 0 Å². The zero-order valence-electron chi connectivity index (χ0n) is 10.1. The van der Waals surface area contributed by atoms with Gasteiger partial charge in [-0.25, -0.2) is 4.98 Å². The molecule has 2 aromatic rings. The summed E-state index contributed by atoms with van der Waals surface area (Å²) in [7, 11) is 1.89. The van der Waals surface area contributed by atoms with Gasteiger partial charge in [-0.1, -0.05) is 18.2 Å². The first-order chi connectivity index (χ1) is 8.13. The summed E-state index contributed by atoms with van der Waals surface area (Å²) in [4.78, 5) is 4.28. The van der Waals surface area contributed by atoms with E-state index in [-0.39, 0.29) is 6.04 Å². The summed E-state index contributed by atoms with van der Waals surface area (Å²) in [5.74, 6) is 1.49. The molecule has 1 N–H and O–H groups in total. The maximum absolute atomic E-state index is 5.75. The van der Waals surface area contributed by atoms with Gasteiger partial charge in [-0.2, -0.15) is 0 Å². The Morgan fingerprint density at radius 2 is 2.18 bits per heavy atom. The predicted molar refractivity (Wildman–Crippen MR) is 71.9 cm³/mol.